The van der Waals surface area contributed by atoms with Crippen molar-refractivity contribution in [3.63, 3.8) is 0 Å². The van der Waals surface area contributed by atoms with Crippen LogP contribution in [-0.2, 0) is 4.74 Å². The number of anilines is 2. The van der Waals surface area contributed by atoms with E-state index in [2.05, 4.69) is 21.3 Å². The van der Waals surface area contributed by atoms with Gasteiger partial charge in [0.1, 0.15) is 5.69 Å². The molecule has 5 heteroatoms. The van der Waals surface area contributed by atoms with Gasteiger partial charge >= 0.3 is 0 Å². The van der Waals surface area contributed by atoms with Crippen molar-refractivity contribution in [3.05, 3.63) is 48.3 Å². The Balaban J connectivity index is 1.72. The number of hydrogen-bond acceptors (Lipinski definition) is 3. The summed E-state index contributed by atoms with van der Waals surface area (Å²) in [5.41, 5.74) is 2.47. The Kier molecular flexibility index (Phi) is 3.69. The van der Waals surface area contributed by atoms with Gasteiger partial charge in [-0.1, -0.05) is 6.07 Å². The lowest BCUT2D eigenvalue weighted by Gasteiger charge is -2.29. The second-order valence-corrected chi connectivity index (χ2v) is 4.69. The third kappa shape index (κ3) is 2.83. The second kappa shape index (κ2) is 5.79. The fraction of sp³-hybridized carbons (Fsp3) is 0.267. The zero-order chi connectivity index (χ0) is 13.8. The molecule has 20 heavy (non-hydrogen) atoms. The number of nitrogens with zero attached hydrogens (tertiary/aromatic N) is 1. The minimum Gasteiger partial charge on any atom is -0.378 e. The highest BCUT2D eigenvalue weighted by Gasteiger charge is 2.12. The van der Waals surface area contributed by atoms with Crippen molar-refractivity contribution in [1.82, 2.24) is 4.98 Å². The maximum atomic E-state index is 12.0. The molecule has 1 aromatic carbocycles. The van der Waals surface area contributed by atoms with E-state index in [0.29, 0.717) is 5.69 Å². The third-order valence-electron chi connectivity index (χ3n) is 3.32. The van der Waals surface area contributed by atoms with Crippen LogP contribution in [0.4, 0.5) is 11.4 Å². The molecule has 1 aliphatic heterocycles. The quantitative estimate of drug-likeness (QED) is 0.899. The fourth-order valence-electron chi connectivity index (χ4n) is 2.27. The molecule has 0 aliphatic carbocycles. The van der Waals surface area contributed by atoms with Crippen LogP contribution in [0.25, 0.3) is 0 Å². The number of hydrogen-bond donors (Lipinski definition) is 2. The summed E-state index contributed by atoms with van der Waals surface area (Å²) in [6.07, 6.45) is 1.74. The molecule has 3 rings (SSSR count). The Labute approximate surface area is 117 Å². The monoisotopic (exact) mass is 271 g/mol. The summed E-state index contributed by atoms with van der Waals surface area (Å²) in [6.45, 7) is 3.26. The molecule has 0 unspecified atom stereocenters. The van der Waals surface area contributed by atoms with Gasteiger partial charge in [0.05, 0.1) is 13.2 Å². The Hall–Kier alpha value is -2.27. The van der Waals surface area contributed by atoms with Crippen LogP contribution in [0.3, 0.4) is 0 Å². The van der Waals surface area contributed by atoms with Crippen molar-refractivity contribution >= 4 is 17.3 Å². The summed E-state index contributed by atoms with van der Waals surface area (Å²) >= 11 is 0. The molecular weight excluding hydrogens is 254 g/mol. The van der Waals surface area contributed by atoms with Crippen molar-refractivity contribution < 1.29 is 9.53 Å². The van der Waals surface area contributed by atoms with Crippen LogP contribution >= 0.6 is 0 Å². The molecule has 0 saturated carbocycles. The lowest BCUT2D eigenvalue weighted by molar-refractivity contribution is 0.102. The van der Waals surface area contributed by atoms with Crippen molar-refractivity contribution in [2.75, 3.05) is 36.5 Å². The number of benzene rings is 1. The van der Waals surface area contributed by atoms with Gasteiger partial charge in [-0.15, -0.1) is 0 Å². The third-order valence-corrected chi connectivity index (χ3v) is 3.32. The number of H-pyrrole nitrogens is 1. The Morgan fingerprint density at radius 1 is 1.20 bits per heavy atom. The maximum Gasteiger partial charge on any atom is 0.272 e. The number of aromatic nitrogens is 1. The number of carbonyl (C=O) groups excluding carboxylic acids is 1. The average molecular weight is 271 g/mol. The predicted molar refractivity (Wildman–Crippen MR) is 78.2 cm³/mol. The molecule has 2 N–H and O–H groups in total. The lowest BCUT2D eigenvalue weighted by atomic mass is 10.2. The molecule has 104 valence electrons. The predicted octanol–water partition coefficient (Wildman–Crippen LogP) is 2.10. The van der Waals surface area contributed by atoms with Gasteiger partial charge in [0, 0.05) is 30.7 Å². The van der Waals surface area contributed by atoms with Gasteiger partial charge in [-0.05, 0) is 30.3 Å². The Bertz CT molecular complexity index is 575. The lowest BCUT2D eigenvalue weighted by Crippen LogP contribution is -2.36. The summed E-state index contributed by atoms with van der Waals surface area (Å²) in [7, 11) is 0. The van der Waals surface area contributed by atoms with Crippen molar-refractivity contribution in [1.29, 1.82) is 0 Å². The topological polar surface area (TPSA) is 57.4 Å². The molecule has 0 radical (unpaired) electrons. The number of rotatable bonds is 3. The SMILES string of the molecule is O=C(Nc1cccc(N2CCOCC2)c1)c1ccc[nH]1. The van der Waals surface area contributed by atoms with Gasteiger partial charge in [-0.2, -0.15) is 0 Å². The molecule has 1 saturated heterocycles. The van der Waals surface area contributed by atoms with Crippen LogP contribution < -0.4 is 10.2 Å². The minimum atomic E-state index is -0.130. The first-order valence-electron chi connectivity index (χ1n) is 6.70. The van der Waals surface area contributed by atoms with E-state index in [1.807, 2.05) is 18.2 Å². The molecule has 1 fully saturated rings. The molecule has 0 atom stereocenters. The van der Waals surface area contributed by atoms with E-state index in [0.717, 1.165) is 37.7 Å². The molecule has 2 heterocycles. The largest absolute Gasteiger partial charge is 0.378 e. The summed E-state index contributed by atoms with van der Waals surface area (Å²) in [6, 6.07) is 11.4. The highest BCUT2D eigenvalue weighted by atomic mass is 16.5. The van der Waals surface area contributed by atoms with Crippen molar-refractivity contribution in [2.24, 2.45) is 0 Å². The van der Waals surface area contributed by atoms with Gasteiger partial charge in [0.15, 0.2) is 0 Å². The van der Waals surface area contributed by atoms with Gasteiger partial charge in [0.2, 0.25) is 0 Å². The van der Waals surface area contributed by atoms with E-state index < -0.39 is 0 Å². The summed E-state index contributed by atoms with van der Waals surface area (Å²) in [4.78, 5) is 17.1. The number of morpholine rings is 1. The smallest absolute Gasteiger partial charge is 0.272 e. The van der Waals surface area contributed by atoms with Gasteiger partial charge < -0.3 is 19.9 Å². The first kappa shape index (κ1) is 12.7. The van der Waals surface area contributed by atoms with E-state index in [-0.39, 0.29) is 5.91 Å². The molecule has 5 nitrogen and oxygen atoms in total. The van der Waals surface area contributed by atoms with E-state index >= 15 is 0 Å². The number of carbonyl (C=O) groups is 1. The summed E-state index contributed by atoms with van der Waals surface area (Å²) in [5.74, 6) is -0.130. The van der Waals surface area contributed by atoms with Crippen molar-refractivity contribution in [2.45, 2.75) is 0 Å². The van der Waals surface area contributed by atoms with E-state index in [9.17, 15) is 4.79 Å². The van der Waals surface area contributed by atoms with E-state index in [1.165, 1.54) is 0 Å². The average Bonchev–Trinajstić information content (AvgIpc) is 3.03. The molecule has 1 amide bonds. The summed E-state index contributed by atoms with van der Waals surface area (Å²) < 4.78 is 5.35. The Morgan fingerprint density at radius 2 is 2.05 bits per heavy atom. The van der Waals surface area contributed by atoms with Crippen LogP contribution in [0.2, 0.25) is 0 Å². The fourth-order valence-corrected chi connectivity index (χ4v) is 2.27. The van der Waals surface area contributed by atoms with Crippen LogP contribution in [0.1, 0.15) is 10.5 Å². The zero-order valence-electron chi connectivity index (χ0n) is 11.1. The van der Waals surface area contributed by atoms with Gasteiger partial charge in [-0.3, -0.25) is 4.79 Å². The number of amides is 1. The normalized spacial score (nSPS) is 15.1. The van der Waals surface area contributed by atoms with Gasteiger partial charge in [-0.25, -0.2) is 0 Å². The molecule has 0 bridgehead atoms. The van der Waals surface area contributed by atoms with Crippen LogP contribution in [0, 0.1) is 0 Å². The first-order valence-corrected chi connectivity index (χ1v) is 6.70. The number of ether oxygens (including phenoxy) is 1. The van der Waals surface area contributed by atoms with Crippen molar-refractivity contribution in [3.8, 4) is 0 Å². The highest BCUT2D eigenvalue weighted by molar-refractivity contribution is 6.03. The maximum absolute atomic E-state index is 12.0. The molecule has 0 spiro atoms. The Morgan fingerprint density at radius 3 is 2.80 bits per heavy atom. The molecule has 1 aliphatic rings. The minimum absolute atomic E-state index is 0.130. The standard InChI is InChI=1S/C15H17N3O2/c19-15(14-5-2-6-16-14)17-12-3-1-4-13(11-12)18-7-9-20-10-8-18/h1-6,11,16H,7-10H2,(H,17,19). The zero-order valence-corrected chi connectivity index (χ0v) is 11.1. The first-order chi connectivity index (χ1) is 9.83. The van der Waals surface area contributed by atoms with Crippen LogP contribution in [0.5, 0.6) is 0 Å². The van der Waals surface area contributed by atoms with Crippen LogP contribution in [0.15, 0.2) is 42.6 Å². The highest BCUT2D eigenvalue weighted by Crippen LogP contribution is 2.20. The molecule has 2 aromatic rings. The summed E-state index contributed by atoms with van der Waals surface area (Å²) in [5, 5.41) is 2.90. The molecular formula is C15H17N3O2. The number of aromatic amines is 1. The van der Waals surface area contributed by atoms with E-state index in [1.54, 1.807) is 18.3 Å². The van der Waals surface area contributed by atoms with Gasteiger partial charge in [0.25, 0.3) is 5.91 Å². The van der Waals surface area contributed by atoms with Crippen LogP contribution in [-0.4, -0.2) is 37.2 Å². The van der Waals surface area contributed by atoms with E-state index in [4.69, 9.17) is 4.74 Å². The second-order valence-electron chi connectivity index (χ2n) is 4.69. The number of nitrogens with one attached hydrogen (secondary N) is 2. The molecule has 1 aromatic heterocycles.